The summed E-state index contributed by atoms with van der Waals surface area (Å²) in [4.78, 5) is 14.0. The number of rotatable bonds is 6. The first kappa shape index (κ1) is 13.1. The van der Waals surface area contributed by atoms with E-state index in [1.807, 2.05) is 0 Å². The second-order valence-corrected chi connectivity index (χ2v) is 5.18. The van der Waals surface area contributed by atoms with E-state index in [-0.39, 0.29) is 5.91 Å². The first-order chi connectivity index (χ1) is 8.56. The number of aromatic nitrogens is 1. The zero-order valence-electron chi connectivity index (χ0n) is 11.3. The molecule has 1 aliphatic rings. The predicted octanol–water partition coefficient (Wildman–Crippen LogP) is 2.04. The topological polar surface area (TPSA) is 58.4 Å². The summed E-state index contributed by atoms with van der Waals surface area (Å²) in [6.45, 7) is 4.81. The number of hydrogen-bond acceptors (Lipinski definition) is 4. The van der Waals surface area contributed by atoms with Gasteiger partial charge in [0.25, 0.3) is 0 Å². The van der Waals surface area contributed by atoms with Gasteiger partial charge in [0.2, 0.25) is 5.91 Å². The van der Waals surface area contributed by atoms with E-state index in [2.05, 4.69) is 29.3 Å². The summed E-state index contributed by atoms with van der Waals surface area (Å²) in [6.07, 6.45) is 3.14. The maximum atomic E-state index is 11.7. The maximum absolute atomic E-state index is 11.7. The van der Waals surface area contributed by atoms with Crippen LogP contribution in [0.3, 0.4) is 0 Å². The van der Waals surface area contributed by atoms with Crippen LogP contribution in [0, 0.1) is 12.8 Å². The van der Waals surface area contributed by atoms with Gasteiger partial charge in [-0.2, -0.15) is 0 Å². The average molecular weight is 251 g/mol. The molecule has 0 aliphatic heterocycles. The van der Waals surface area contributed by atoms with E-state index >= 15 is 0 Å². The van der Waals surface area contributed by atoms with Gasteiger partial charge >= 0.3 is 0 Å². The van der Waals surface area contributed by atoms with Crippen molar-refractivity contribution in [2.45, 2.75) is 39.2 Å². The van der Waals surface area contributed by atoms with Crippen LogP contribution in [0.4, 0.5) is 5.82 Å². The Bertz CT molecular complexity index is 412. The van der Waals surface area contributed by atoms with E-state index in [9.17, 15) is 4.79 Å². The van der Waals surface area contributed by atoms with Gasteiger partial charge in [0.05, 0.1) is 0 Å². The molecule has 100 valence electrons. The fourth-order valence-electron chi connectivity index (χ4n) is 2.05. The molecule has 1 amide bonds. The number of amides is 1. The zero-order chi connectivity index (χ0) is 13.1. The van der Waals surface area contributed by atoms with Crippen molar-refractivity contribution in [2.75, 3.05) is 18.9 Å². The second-order valence-electron chi connectivity index (χ2n) is 5.18. The molecule has 0 spiro atoms. The summed E-state index contributed by atoms with van der Waals surface area (Å²) in [7, 11) is 2.08. The van der Waals surface area contributed by atoms with Crippen molar-refractivity contribution in [3.63, 3.8) is 0 Å². The van der Waals surface area contributed by atoms with Crippen molar-refractivity contribution in [1.82, 2.24) is 10.1 Å². The van der Waals surface area contributed by atoms with Crippen molar-refractivity contribution >= 4 is 11.7 Å². The van der Waals surface area contributed by atoms with Gasteiger partial charge in [0, 0.05) is 25.1 Å². The molecule has 18 heavy (non-hydrogen) atoms. The van der Waals surface area contributed by atoms with Crippen LogP contribution in [0.5, 0.6) is 0 Å². The van der Waals surface area contributed by atoms with Crippen LogP contribution < -0.4 is 5.32 Å². The number of nitrogens with one attached hydrogen (secondary N) is 1. The van der Waals surface area contributed by atoms with Gasteiger partial charge in [0.15, 0.2) is 5.82 Å². The minimum atomic E-state index is -0.0156. The lowest BCUT2D eigenvalue weighted by atomic mass is 10.2. The summed E-state index contributed by atoms with van der Waals surface area (Å²) < 4.78 is 4.89. The summed E-state index contributed by atoms with van der Waals surface area (Å²) in [5.74, 6) is 2.01. The monoisotopic (exact) mass is 251 g/mol. The number of aryl methyl sites for hydroxylation is 1. The maximum Gasteiger partial charge on any atom is 0.226 e. The molecule has 2 rings (SSSR count). The minimum absolute atomic E-state index is 0.0156. The molecular weight excluding hydrogens is 230 g/mol. The molecule has 1 saturated carbocycles. The second kappa shape index (κ2) is 5.52. The van der Waals surface area contributed by atoms with E-state index < -0.39 is 0 Å². The Morgan fingerprint density at radius 2 is 2.39 bits per heavy atom. The Labute approximate surface area is 108 Å². The van der Waals surface area contributed by atoms with Gasteiger partial charge < -0.3 is 14.7 Å². The Kier molecular flexibility index (Phi) is 4.01. The number of anilines is 1. The van der Waals surface area contributed by atoms with E-state index in [1.54, 1.807) is 13.0 Å². The molecule has 1 atom stereocenters. The Morgan fingerprint density at radius 1 is 1.67 bits per heavy atom. The number of hydrogen-bond donors (Lipinski definition) is 1. The lowest BCUT2D eigenvalue weighted by Crippen LogP contribution is -2.33. The van der Waals surface area contributed by atoms with Crippen LogP contribution in [-0.2, 0) is 4.79 Å². The van der Waals surface area contributed by atoms with E-state index in [0.29, 0.717) is 24.0 Å². The molecule has 0 saturated heterocycles. The quantitative estimate of drug-likeness (QED) is 0.840. The van der Waals surface area contributed by atoms with Crippen molar-refractivity contribution < 1.29 is 9.32 Å². The van der Waals surface area contributed by atoms with Crippen LogP contribution in [0.15, 0.2) is 10.6 Å². The highest BCUT2D eigenvalue weighted by atomic mass is 16.5. The van der Waals surface area contributed by atoms with Crippen molar-refractivity contribution in [3.8, 4) is 0 Å². The Hall–Kier alpha value is -1.36. The molecule has 1 aliphatic carbocycles. The first-order valence-electron chi connectivity index (χ1n) is 6.49. The Morgan fingerprint density at radius 3 is 2.94 bits per heavy atom. The van der Waals surface area contributed by atoms with Gasteiger partial charge in [-0.1, -0.05) is 5.16 Å². The van der Waals surface area contributed by atoms with Crippen LogP contribution in [0.2, 0.25) is 0 Å². The molecule has 1 N–H and O–H groups in total. The largest absolute Gasteiger partial charge is 0.360 e. The molecule has 1 aromatic heterocycles. The Balaban J connectivity index is 1.70. The molecule has 0 radical (unpaired) electrons. The van der Waals surface area contributed by atoms with E-state index in [1.165, 1.54) is 12.8 Å². The van der Waals surface area contributed by atoms with Crippen LogP contribution >= 0.6 is 0 Å². The third-order valence-electron chi connectivity index (χ3n) is 3.59. The fraction of sp³-hybridized carbons (Fsp3) is 0.692. The van der Waals surface area contributed by atoms with Gasteiger partial charge in [-0.15, -0.1) is 0 Å². The fourth-order valence-corrected chi connectivity index (χ4v) is 2.05. The van der Waals surface area contributed by atoms with Crippen molar-refractivity contribution in [2.24, 2.45) is 5.92 Å². The third-order valence-corrected chi connectivity index (χ3v) is 3.59. The number of carbonyl (C=O) groups is 1. The summed E-state index contributed by atoms with van der Waals surface area (Å²) >= 11 is 0. The summed E-state index contributed by atoms with van der Waals surface area (Å²) in [5.41, 5.74) is 0. The van der Waals surface area contributed by atoms with Crippen molar-refractivity contribution in [3.05, 3.63) is 11.8 Å². The van der Waals surface area contributed by atoms with Crippen LogP contribution in [0.25, 0.3) is 0 Å². The average Bonchev–Trinajstić information content (AvgIpc) is 3.10. The highest BCUT2D eigenvalue weighted by Crippen LogP contribution is 2.34. The third kappa shape index (κ3) is 3.57. The van der Waals surface area contributed by atoms with Crippen molar-refractivity contribution in [1.29, 1.82) is 0 Å². The summed E-state index contributed by atoms with van der Waals surface area (Å²) in [6, 6.07) is 2.29. The molecular formula is C13H21N3O2. The normalized spacial score (nSPS) is 16.9. The number of nitrogens with zero attached hydrogens (tertiary/aromatic N) is 2. The first-order valence-corrected chi connectivity index (χ1v) is 6.49. The molecule has 5 nitrogen and oxygen atoms in total. The molecule has 1 unspecified atom stereocenters. The molecule has 5 heteroatoms. The zero-order valence-corrected chi connectivity index (χ0v) is 11.3. The van der Waals surface area contributed by atoms with E-state index in [4.69, 9.17) is 4.52 Å². The van der Waals surface area contributed by atoms with E-state index in [0.717, 1.165) is 12.5 Å². The lowest BCUT2D eigenvalue weighted by molar-refractivity contribution is -0.116. The standard InChI is InChI=1S/C13H21N3O2/c1-9-8-12(15-18-9)14-13(17)6-7-16(3)10(2)11-4-5-11/h8,10-11H,4-7H2,1-3H3,(H,14,15,17). The lowest BCUT2D eigenvalue weighted by Gasteiger charge is -2.24. The molecule has 1 heterocycles. The SMILES string of the molecule is Cc1cc(NC(=O)CCN(C)C(C)C2CC2)no1. The predicted molar refractivity (Wildman–Crippen MR) is 69.3 cm³/mol. The minimum Gasteiger partial charge on any atom is -0.360 e. The van der Waals surface area contributed by atoms with Gasteiger partial charge in [-0.25, -0.2) is 0 Å². The number of carbonyl (C=O) groups excluding carboxylic acids is 1. The molecule has 1 aromatic rings. The summed E-state index contributed by atoms with van der Waals surface area (Å²) in [5, 5.41) is 6.47. The van der Waals surface area contributed by atoms with Gasteiger partial charge in [-0.05, 0) is 39.7 Å². The smallest absolute Gasteiger partial charge is 0.226 e. The molecule has 0 aromatic carbocycles. The van der Waals surface area contributed by atoms with Crippen LogP contribution in [-0.4, -0.2) is 35.6 Å². The highest BCUT2D eigenvalue weighted by molar-refractivity contribution is 5.89. The van der Waals surface area contributed by atoms with Gasteiger partial charge in [-0.3, -0.25) is 4.79 Å². The van der Waals surface area contributed by atoms with Gasteiger partial charge in [0.1, 0.15) is 5.76 Å². The molecule has 1 fully saturated rings. The molecule has 0 bridgehead atoms. The van der Waals surface area contributed by atoms with Crippen LogP contribution in [0.1, 0.15) is 31.9 Å². The highest BCUT2D eigenvalue weighted by Gasteiger charge is 2.30.